The van der Waals surface area contributed by atoms with Crippen molar-refractivity contribution in [2.24, 2.45) is 5.41 Å². The summed E-state index contributed by atoms with van der Waals surface area (Å²) in [6.07, 6.45) is 5.19. The molecule has 0 radical (unpaired) electrons. The van der Waals surface area contributed by atoms with Crippen LogP contribution in [0.15, 0.2) is 18.5 Å². The van der Waals surface area contributed by atoms with Gasteiger partial charge in [-0.15, -0.1) is 0 Å². The molecule has 2 saturated heterocycles. The van der Waals surface area contributed by atoms with Crippen LogP contribution < -0.4 is 0 Å². The predicted molar refractivity (Wildman–Crippen MR) is 93.3 cm³/mol. The van der Waals surface area contributed by atoms with E-state index < -0.39 is 0 Å². The van der Waals surface area contributed by atoms with E-state index in [1.165, 1.54) is 18.5 Å². The van der Waals surface area contributed by atoms with Crippen molar-refractivity contribution in [3.05, 3.63) is 24.0 Å². The number of amides is 1. The lowest BCUT2D eigenvalue weighted by atomic mass is 9.76. The van der Waals surface area contributed by atoms with Gasteiger partial charge in [-0.25, -0.2) is 0 Å². The van der Waals surface area contributed by atoms with Crippen LogP contribution >= 0.6 is 0 Å². The minimum atomic E-state index is -0.351. The summed E-state index contributed by atoms with van der Waals surface area (Å²) in [6, 6.07) is 1.44. The first-order valence-corrected chi connectivity index (χ1v) is 8.98. The maximum atomic E-state index is 12.6. The first kappa shape index (κ1) is 18.1. The number of carbonyl (C=O) groups excluding carboxylic acids is 1. The molecule has 0 aliphatic carbocycles. The van der Waals surface area contributed by atoms with Gasteiger partial charge in [0, 0.05) is 32.1 Å². The van der Waals surface area contributed by atoms with Crippen molar-refractivity contribution in [3.63, 3.8) is 0 Å². The smallest absolute Gasteiger partial charge is 0.255 e. The lowest BCUT2D eigenvalue weighted by Gasteiger charge is -2.50. The number of hydrogen-bond donors (Lipinski definition) is 2. The Balaban J connectivity index is 1.67. The van der Waals surface area contributed by atoms with Gasteiger partial charge < -0.3 is 19.8 Å². The highest BCUT2D eigenvalue weighted by atomic mass is 16.5. The standard InChI is InChI=1S/C19H28N2O4/c1-18(2,3)16-9-14(22)10-19(25-16)4-6-21(7-5-19)17(24)13-8-15(23)12-20-11-13/h8,11-12,14,16,22-23H,4-7,9-10H2,1-3H3/t14-,16-/m1/s1. The molecule has 138 valence electrons. The van der Waals surface area contributed by atoms with Crippen LogP contribution in [0.2, 0.25) is 0 Å². The SMILES string of the molecule is CC(C)(C)[C@H]1C[C@@H](O)CC2(CCN(C(=O)c3cncc(O)c3)CC2)O1. The van der Waals surface area contributed by atoms with Crippen LogP contribution in [0, 0.1) is 5.41 Å². The molecular formula is C19H28N2O4. The van der Waals surface area contributed by atoms with Crippen LogP contribution in [0.25, 0.3) is 0 Å². The molecule has 6 heteroatoms. The van der Waals surface area contributed by atoms with Crippen molar-refractivity contribution >= 4 is 5.91 Å². The summed E-state index contributed by atoms with van der Waals surface area (Å²) < 4.78 is 6.45. The van der Waals surface area contributed by atoms with Crippen LogP contribution in [0.4, 0.5) is 0 Å². The number of aliphatic hydroxyl groups is 1. The minimum absolute atomic E-state index is 0.00825. The molecule has 3 heterocycles. The third-order valence-corrected chi connectivity index (χ3v) is 5.38. The highest BCUT2D eigenvalue weighted by molar-refractivity contribution is 5.94. The molecule has 1 amide bonds. The Bertz CT molecular complexity index is 633. The summed E-state index contributed by atoms with van der Waals surface area (Å²) in [5.41, 5.74) is 0.0334. The lowest BCUT2D eigenvalue weighted by molar-refractivity contribution is -0.205. The maximum absolute atomic E-state index is 12.6. The number of rotatable bonds is 1. The van der Waals surface area contributed by atoms with Gasteiger partial charge in [0.1, 0.15) is 5.75 Å². The molecular weight excluding hydrogens is 320 g/mol. The molecule has 0 bridgehead atoms. The Morgan fingerprint density at radius 1 is 1.32 bits per heavy atom. The highest BCUT2D eigenvalue weighted by Crippen LogP contribution is 2.42. The van der Waals surface area contributed by atoms with Gasteiger partial charge in [-0.1, -0.05) is 20.8 Å². The summed E-state index contributed by atoms with van der Waals surface area (Å²) in [4.78, 5) is 18.2. The first-order valence-electron chi connectivity index (χ1n) is 8.98. The van der Waals surface area contributed by atoms with Crippen molar-refractivity contribution in [2.45, 2.75) is 64.3 Å². The molecule has 3 rings (SSSR count). The molecule has 2 aliphatic rings. The number of pyridine rings is 1. The lowest BCUT2D eigenvalue weighted by Crippen LogP contribution is -2.55. The first-order chi connectivity index (χ1) is 11.7. The number of ether oxygens (including phenoxy) is 1. The van der Waals surface area contributed by atoms with Gasteiger partial charge >= 0.3 is 0 Å². The van der Waals surface area contributed by atoms with Crippen LogP contribution in [-0.2, 0) is 4.74 Å². The average Bonchev–Trinajstić information content (AvgIpc) is 2.53. The summed E-state index contributed by atoms with van der Waals surface area (Å²) in [5.74, 6) is -0.131. The predicted octanol–water partition coefficient (Wildman–Crippen LogP) is 2.35. The molecule has 0 aromatic carbocycles. The van der Waals surface area contributed by atoms with Crippen LogP contribution in [0.3, 0.4) is 0 Å². The van der Waals surface area contributed by atoms with Crippen molar-refractivity contribution < 1.29 is 19.7 Å². The zero-order valence-corrected chi connectivity index (χ0v) is 15.2. The average molecular weight is 348 g/mol. The van der Waals surface area contributed by atoms with E-state index in [1.807, 2.05) is 0 Å². The van der Waals surface area contributed by atoms with Crippen LogP contribution in [0.1, 0.15) is 56.8 Å². The number of aromatic nitrogens is 1. The fraction of sp³-hybridized carbons (Fsp3) is 0.684. The maximum Gasteiger partial charge on any atom is 0.255 e. The Hall–Kier alpha value is -1.66. The molecule has 0 unspecified atom stereocenters. The van der Waals surface area contributed by atoms with E-state index >= 15 is 0 Å². The van der Waals surface area contributed by atoms with Crippen LogP contribution in [0.5, 0.6) is 5.75 Å². The molecule has 2 fully saturated rings. The van der Waals surface area contributed by atoms with E-state index in [9.17, 15) is 15.0 Å². The Kier molecular flexibility index (Phi) is 4.77. The number of carbonyl (C=O) groups is 1. The molecule has 1 aromatic rings. The van der Waals surface area contributed by atoms with Gasteiger partial charge in [-0.05, 0) is 24.3 Å². The number of hydrogen-bond acceptors (Lipinski definition) is 5. The second-order valence-corrected chi connectivity index (χ2v) is 8.47. The Labute approximate surface area is 148 Å². The summed E-state index contributed by atoms with van der Waals surface area (Å²) >= 11 is 0. The van der Waals surface area contributed by atoms with Gasteiger partial charge in [0.2, 0.25) is 0 Å². The van der Waals surface area contributed by atoms with Gasteiger partial charge in [0.25, 0.3) is 5.91 Å². The van der Waals surface area contributed by atoms with Gasteiger partial charge in [-0.3, -0.25) is 9.78 Å². The second-order valence-electron chi connectivity index (χ2n) is 8.47. The molecule has 0 saturated carbocycles. The number of nitrogens with zero attached hydrogens (tertiary/aromatic N) is 2. The van der Waals surface area contributed by atoms with E-state index in [1.54, 1.807) is 4.90 Å². The normalized spacial score (nSPS) is 26.6. The van der Waals surface area contributed by atoms with Crippen molar-refractivity contribution in [2.75, 3.05) is 13.1 Å². The molecule has 6 nitrogen and oxygen atoms in total. The number of piperidine rings is 1. The molecule has 2 atom stereocenters. The number of aliphatic hydroxyl groups excluding tert-OH is 1. The fourth-order valence-corrected chi connectivity index (χ4v) is 3.85. The third-order valence-electron chi connectivity index (χ3n) is 5.38. The Morgan fingerprint density at radius 3 is 2.60 bits per heavy atom. The molecule has 2 N–H and O–H groups in total. The summed E-state index contributed by atoms with van der Waals surface area (Å²) in [5, 5.41) is 19.9. The summed E-state index contributed by atoms with van der Waals surface area (Å²) in [7, 11) is 0. The van der Waals surface area contributed by atoms with Crippen molar-refractivity contribution in [3.8, 4) is 5.75 Å². The number of aromatic hydroxyl groups is 1. The minimum Gasteiger partial charge on any atom is -0.506 e. The fourth-order valence-electron chi connectivity index (χ4n) is 3.85. The molecule has 25 heavy (non-hydrogen) atoms. The van der Waals surface area contributed by atoms with E-state index in [0.717, 1.165) is 0 Å². The molecule has 2 aliphatic heterocycles. The van der Waals surface area contributed by atoms with Gasteiger partial charge in [0.05, 0.1) is 29.6 Å². The monoisotopic (exact) mass is 348 g/mol. The zero-order valence-electron chi connectivity index (χ0n) is 15.2. The van der Waals surface area contributed by atoms with Crippen molar-refractivity contribution in [1.29, 1.82) is 0 Å². The van der Waals surface area contributed by atoms with E-state index in [4.69, 9.17) is 4.74 Å². The van der Waals surface area contributed by atoms with E-state index in [2.05, 4.69) is 25.8 Å². The van der Waals surface area contributed by atoms with E-state index in [0.29, 0.717) is 44.3 Å². The third kappa shape index (κ3) is 3.96. The zero-order chi connectivity index (χ0) is 18.2. The number of likely N-dealkylation sites (tertiary alicyclic amines) is 1. The van der Waals surface area contributed by atoms with Gasteiger partial charge in [-0.2, -0.15) is 0 Å². The quantitative estimate of drug-likeness (QED) is 0.814. The van der Waals surface area contributed by atoms with Crippen LogP contribution in [-0.4, -0.2) is 56.9 Å². The van der Waals surface area contributed by atoms with Gasteiger partial charge in [0.15, 0.2) is 0 Å². The topological polar surface area (TPSA) is 82.9 Å². The highest BCUT2D eigenvalue weighted by Gasteiger charge is 2.46. The second kappa shape index (κ2) is 6.57. The summed E-state index contributed by atoms with van der Waals surface area (Å²) in [6.45, 7) is 7.57. The Morgan fingerprint density at radius 2 is 2.00 bits per heavy atom. The van der Waals surface area contributed by atoms with E-state index in [-0.39, 0.29) is 34.9 Å². The largest absolute Gasteiger partial charge is 0.506 e. The molecule has 1 spiro atoms. The molecule has 1 aromatic heterocycles. The van der Waals surface area contributed by atoms with Crippen molar-refractivity contribution in [1.82, 2.24) is 9.88 Å².